The lowest BCUT2D eigenvalue weighted by molar-refractivity contribution is -0.130. The number of halogens is 1. The Bertz CT molecular complexity index is 572. The van der Waals surface area contributed by atoms with Crippen LogP contribution in [0.3, 0.4) is 0 Å². The summed E-state index contributed by atoms with van der Waals surface area (Å²) in [5.41, 5.74) is 2.54. The van der Waals surface area contributed by atoms with Crippen molar-refractivity contribution >= 4 is 23.2 Å². The van der Waals surface area contributed by atoms with E-state index in [1.807, 2.05) is 17.9 Å². The second-order valence-corrected chi connectivity index (χ2v) is 7.20. The summed E-state index contributed by atoms with van der Waals surface area (Å²) in [5.74, 6) is 0.271. The molecule has 0 bridgehead atoms. The molecule has 0 spiro atoms. The predicted octanol–water partition coefficient (Wildman–Crippen LogP) is 3.38. The zero-order chi connectivity index (χ0) is 16.9. The molecule has 0 saturated carbocycles. The van der Waals surface area contributed by atoms with E-state index in [1.165, 1.54) is 24.1 Å². The van der Waals surface area contributed by atoms with Gasteiger partial charge < -0.3 is 9.80 Å². The van der Waals surface area contributed by atoms with Crippen molar-refractivity contribution in [3.63, 3.8) is 0 Å². The van der Waals surface area contributed by atoms with E-state index < -0.39 is 0 Å². The molecule has 2 saturated heterocycles. The molecule has 0 aliphatic carbocycles. The summed E-state index contributed by atoms with van der Waals surface area (Å²) in [5, 5.41) is 0.866. The fraction of sp³-hybridized carbons (Fsp3) is 0.632. The van der Waals surface area contributed by atoms with E-state index in [9.17, 15) is 4.79 Å². The van der Waals surface area contributed by atoms with Gasteiger partial charge in [-0.1, -0.05) is 24.6 Å². The number of carbonyl (C=O) groups is 1. The Labute approximate surface area is 150 Å². The Morgan fingerprint density at radius 1 is 1.04 bits per heavy atom. The molecule has 0 atom stereocenters. The maximum Gasteiger partial charge on any atom is 0.222 e. The first kappa shape index (κ1) is 17.6. The molecule has 4 nitrogen and oxygen atoms in total. The normalized spacial score (nSPS) is 19.6. The van der Waals surface area contributed by atoms with Gasteiger partial charge >= 0.3 is 0 Å². The number of nitrogens with zero attached hydrogens (tertiary/aromatic N) is 3. The highest BCUT2D eigenvalue weighted by Gasteiger charge is 2.22. The second kappa shape index (κ2) is 8.21. The van der Waals surface area contributed by atoms with Crippen molar-refractivity contribution in [3.8, 4) is 0 Å². The van der Waals surface area contributed by atoms with Crippen molar-refractivity contribution in [1.82, 2.24) is 9.80 Å². The summed E-state index contributed by atoms with van der Waals surface area (Å²) in [6.45, 7) is 8.74. The summed E-state index contributed by atoms with van der Waals surface area (Å²) in [7, 11) is 0. The molecule has 1 amide bonds. The third-order valence-corrected chi connectivity index (χ3v) is 5.52. The Morgan fingerprint density at radius 3 is 2.58 bits per heavy atom. The molecule has 5 heteroatoms. The van der Waals surface area contributed by atoms with E-state index in [4.69, 9.17) is 11.6 Å². The first-order chi connectivity index (χ1) is 11.7. The van der Waals surface area contributed by atoms with Crippen molar-refractivity contribution < 1.29 is 4.79 Å². The minimum atomic E-state index is 0.271. The van der Waals surface area contributed by atoms with E-state index in [1.54, 1.807) is 0 Å². The molecule has 2 heterocycles. The zero-order valence-electron chi connectivity index (χ0n) is 14.6. The maximum absolute atomic E-state index is 11.9. The Hall–Kier alpha value is -1.26. The zero-order valence-corrected chi connectivity index (χ0v) is 15.4. The van der Waals surface area contributed by atoms with E-state index in [0.717, 1.165) is 57.3 Å². The van der Waals surface area contributed by atoms with Crippen LogP contribution in [0.4, 0.5) is 5.69 Å². The van der Waals surface area contributed by atoms with Crippen LogP contribution in [0.1, 0.15) is 38.2 Å². The molecule has 0 unspecified atom stereocenters. The van der Waals surface area contributed by atoms with E-state index in [-0.39, 0.29) is 5.91 Å². The predicted molar refractivity (Wildman–Crippen MR) is 99.7 cm³/mol. The summed E-state index contributed by atoms with van der Waals surface area (Å²) in [6.07, 6.45) is 4.17. The summed E-state index contributed by atoms with van der Waals surface area (Å²) >= 11 is 6.55. The molecule has 0 N–H and O–H groups in total. The first-order valence-electron chi connectivity index (χ1n) is 9.21. The van der Waals surface area contributed by atoms with Crippen molar-refractivity contribution in [2.24, 2.45) is 0 Å². The minimum Gasteiger partial charge on any atom is -0.371 e. The third-order valence-electron chi connectivity index (χ3n) is 5.17. The molecule has 2 fully saturated rings. The molecule has 0 radical (unpaired) electrons. The van der Waals surface area contributed by atoms with Gasteiger partial charge in [0, 0.05) is 68.5 Å². The molecule has 3 rings (SSSR count). The Kier molecular flexibility index (Phi) is 6.01. The standard InChI is InChI=1S/C19H28ClN3O/c1-2-19(24)23-12-6-9-21(13-14-23)15-16-17(20)7-5-8-18(16)22-10-3-4-11-22/h5,7-8H,2-4,6,9-15H2,1H3. The molecule has 2 aliphatic rings. The van der Waals surface area contributed by atoms with Crippen molar-refractivity contribution in [2.45, 2.75) is 39.2 Å². The van der Waals surface area contributed by atoms with Crippen molar-refractivity contribution in [3.05, 3.63) is 28.8 Å². The van der Waals surface area contributed by atoms with Crippen LogP contribution in [0.2, 0.25) is 5.02 Å². The van der Waals surface area contributed by atoms with Gasteiger partial charge in [-0.25, -0.2) is 0 Å². The minimum absolute atomic E-state index is 0.271. The number of anilines is 1. The Morgan fingerprint density at radius 2 is 1.83 bits per heavy atom. The highest BCUT2D eigenvalue weighted by Crippen LogP contribution is 2.31. The quantitative estimate of drug-likeness (QED) is 0.833. The average molecular weight is 350 g/mol. The SMILES string of the molecule is CCC(=O)N1CCCN(Cc2c(Cl)cccc2N2CCCC2)CC1. The monoisotopic (exact) mass is 349 g/mol. The maximum atomic E-state index is 11.9. The molecule has 2 aliphatic heterocycles. The molecule has 24 heavy (non-hydrogen) atoms. The molecule has 1 aromatic carbocycles. The van der Waals surface area contributed by atoms with Crippen LogP contribution in [0.15, 0.2) is 18.2 Å². The van der Waals surface area contributed by atoms with E-state index in [2.05, 4.69) is 21.9 Å². The number of benzene rings is 1. The van der Waals surface area contributed by atoms with Gasteiger partial charge in [0.15, 0.2) is 0 Å². The molecular formula is C19H28ClN3O. The average Bonchev–Trinajstić information content (AvgIpc) is 3.02. The topological polar surface area (TPSA) is 26.8 Å². The lowest BCUT2D eigenvalue weighted by Crippen LogP contribution is -2.34. The van der Waals surface area contributed by atoms with Gasteiger partial charge in [0.2, 0.25) is 5.91 Å². The van der Waals surface area contributed by atoms with E-state index in [0.29, 0.717) is 6.42 Å². The smallest absolute Gasteiger partial charge is 0.222 e. The number of amides is 1. The highest BCUT2D eigenvalue weighted by molar-refractivity contribution is 6.31. The van der Waals surface area contributed by atoms with Gasteiger partial charge in [0.1, 0.15) is 0 Å². The Balaban J connectivity index is 1.70. The van der Waals surface area contributed by atoms with Crippen LogP contribution in [-0.2, 0) is 11.3 Å². The van der Waals surface area contributed by atoms with Crippen molar-refractivity contribution in [2.75, 3.05) is 44.2 Å². The molecule has 132 valence electrons. The van der Waals surface area contributed by atoms with Crippen LogP contribution in [0, 0.1) is 0 Å². The molecule has 0 aromatic heterocycles. The van der Waals surface area contributed by atoms with Gasteiger partial charge in [0.05, 0.1) is 0 Å². The first-order valence-corrected chi connectivity index (χ1v) is 9.59. The van der Waals surface area contributed by atoms with Gasteiger partial charge in [-0.05, 0) is 31.4 Å². The van der Waals surface area contributed by atoms with Crippen LogP contribution in [-0.4, -0.2) is 55.0 Å². The second-order valence-electron chi connectivity index (χ2n) is 6.80. The third kappa shape index (κ3) is 4.04. The number of hydrogen-bond donors (Lipinski definition) is 0. The van der Waals surface area contributed by atoms with Gasteiger partial charge in [-0.15, -0.1) is 0 Å². The number of carbonyl (C=O) groups excluding carboxylic acids is 1. The van der Waals surface area contributed by atoms with Gasteiger partial charge in [-0.2, -0.15) is 0 Å². The van der Waals surface area contributed by atoms with Crippen LogP contribution in [0.25, 0.3) is 0 Å². The molecule has 1 aromatic rings. The van der Waals surface area contributed by atoms with Gasteiger partial charge in [-0.3, -0.25) is 9.69 Å². The summed E-state index contributed by atoms with van der Waals surface area (Å²) < 4.78 is 0. The number of hydrogen-bond acceptors (Lipinski definition) is 3. The van der Waals surface area contributed by atoms with Crippen LogP contribution >= 0.6 is 11.6 Å². The molecular weight excluding hydrogens is 322 g/mol. The van der Waals surface area contributed by atoms with Crippen LogP contribution in [0.5, 0.6) is 0 Å². The van der Waals surface area contributed by atoms with Crippen molar-refractivity contribution in [1.29, 1.82) is 0 Å². The largest absolute Gasteiger partial charge is 0.371 e. The summed E-state index contributed by atoms with van der Waals surface area (Å²) in [4.78, 5) is 18.9. The van der Waals surface area contributed by atoms with E-state index >= 15 is 0 Å². The lowest BCUT2D eigenvalue weighted by Gasteiger charge is -2.26. The fourth-order valence-electron chi connectivity index (χ4n) is 3.78. The summed E-state index contributed by atoms with van der Waals surface area (Å²) in [6, 6.07) is 6.27. The van der Waals surface area contributed by atoms with Crippen LogP contribution < -0.4 is 4.90 Å². The highest BCUT2D eigenvalue weighted by atomic mass is 35.5. The van der Waals surface area contributed by atoms with Gasteiger partial charge in [0.25, 0.3) is 0 Å². The fourth-order valence-corrected chi connectivity index (χ4v) is 4.01. The lowest BCUT2D eigenvalue weighted by atomic mass is 10.1. The number of rotatable bonds is 4.